The van der Waals surface area contributed by atoms with Gasteiger partial charge in [-0.1, -0.05) is 49.0 Å². The highest BCUT2D eigenvalue weighted by atomic mass is 16.5. The Morgan fingerprint density at radius 2 is 1.61 bits per heavy atom. The normalized spacial score (nSPS) is 11.8. The standard InChI is InChI=1S/C26H22O5/c1-2-25(28)29-16-20(27)17-30-26-23-11-7-6-8-18(23)14-19-15-22(12-13-24(19)26)31-21-9-4-3-5-10-21/h2-15,20,27H,1,16-17H2. The lowest BCUT2D eigenvalue weighted by atomic mass is 10.0. The van der Waals surface area contributed by atoms with E-state index in [1.165, 1.54) is 0 Å². The van der Waals surface area contributed by atoms with E-state index in [4.69, 9.17) is 14.2 Å². The van der Waals surface area contributed by atoms with Crippen molar-refractivity contribution in [2.24, 2.45) is 0 Å². The van der Waals surface area contributed by atoms with Crippen LogP contribution in [0.3, 0.4) is 0 Å². The number of rotatable bonds is 8. The zero-order chi connectivity index (χ0) is 21.6. The highest BCUT2D eigenvalue weighted by Gasteiger charge is 2.13. The van der Waals surface area contributed by atoms with E-state index in [1.807, 2.05) is 72.8 Å². The van der Waals surface area contributed by atoms with E-state index in [2.05, 4.69) is 12.6 Å². The van der Waals surface area contributed by atoms with Gasteiger partial charge in [0.15, 0.2) is 0 Å². The van der Waals surface area contributed by atoms with E-state index in [-0.39, 0.29) is 13.2 Å². The van der Waals surface area contributed by atoms with E-state index < -0.39 is 12.1 Å². The van der Waals surface area contributed by atoms with Crippen molar-refractivity contribution >= 4 is 27.5 Å². The molecule has 1 unspecified atom stereocenters. The molecule has 0 radical (unpaired) electrons. The second-order valence-corrected chi connectivity index (χ2v) is 7.02. The fraction of sp³-hybridized carbons (Fsp3) is 0.115. The molecule has 4 rings (SSSR count). The van der Waals surface area contributed by atoms with E-state index in [9.17, 15) is 9.90 Å². The summed E-state index contributed by atoms with van der Waals surface area (Å²) in [4.78, 5) is 11.2. The average Bonchev–Trinajstić information content (AvgIpc) is 2.80. The number of hydrogen-bond donors (Lipinski definition) is 1. The molecule has 0 aliphatic carbocycles. The molecular weight excluding hydrogens is 392 g/mol. The zero-order valence-corrected chi connectivity index (χ0v) is 16.9. The fourth-order valence-corrected chi connectivity index (χ4v) is 3.32. The number of esters is 1. The Balaban J connectivity index is 1.63. The molecule has 4 aromatic carbocycles. The van der Waals surface area contributed by atoms with Crippen molar-refractivity contribution in [2.45, 2.75) is 6.10 Å². The first-order valence-electron chi connectivity index (χ1n) is 9.92. The number of hydrogen-bond acceptors (Lipinski definition) is 5. The van der Waals surface area contributed by atoms with E-state index in [0.29, 0.717) is 5.75 Å². The predicted octanol–water partition coefficient (Wildman–Crippen LogP) is 5.25. The van der Waals surface area contributed by atoms with Crippen LogP contribution in [-0.4, -0.2) is 30.4 Å². The van der Waals surface area contributed by atoms with Crippen molar-refractivity contribution in [3.8, 4) is 17.2 Å². The molecule has 5 nitrogen and oxygen atoms in total. The summed E-state index contributed by atoms with van der Waals surface area (Å²) >= 11 is 0. The molecule has 5 heteroatoms. The van der Waals surface area contributed by atoms with Crippen LogP contribution in [0.4, 0.5) is 0 Å². The van der Waals surface area contributed by atoms with Crippen LogP contribution < -0.4 is 9.47 Å². The smallest absolute Gasteiger partial charge is 0.330 e. The number of aliphatic hydroxyl groups excluding tert-OH is 1. The minimum atomic E-state index is -0.960. The van der Waals surface area contributed by atoms with Crippen LogP contribution >= 0.6 is 0 Å². The quantitative estimate of drug-likeness (QED) is 0.242. The van der Waals surface area contributed by atoms with Gasteiger partial charge in [-0.3, -0.25) is 0 Å². The van der Waals surface area contributed by atoms with Crippen molar-refractivity contribution < 1.29 is 24.1 Å². The van der Waals surface area contributed by atoms with E-state index in [0.717, 1.165) is 39.1 Å². The van der Waals surface area contributed by atoms with Crippen LogP contribution in [-0.2, 0) is 9.53 Å². The molecule has 4 aromatic rings. The van der Waals surface area contributed by atoms with Gasteiger partial charge in [-0.25, -0.2) is 4.79 Å². The first-order valence-corrected chi connectivity index (χ1v) is 9.92. The highest BCUT2D eigenvalue weighted by Crippen LogP contribution is 2.37. The number of carbonyl (C=O) groups excluding carboxylic acids is 1. The topological polar surface area (TPSA) is 65.0 Å². The van der Waals surface area contributed by atoms with Crippen molar-refractivity contribution in [3.63, 3.8) is 0 Å². The Kier molecular flexibility index (Phi) is 6.15. The van der Waals surface area contributed by atoms with Gasteiger partial charge in [-0.15, -0.1) is 0 Å². The molecule has 0 fully saturated rings. The zero-order valence-electron chi connectivity index (χ0n) is 16.9. The van der Waals surface area contributed by atoms with Crippen LogP contribution in [0.15, 0.2) is 91.5 Å². The molecule has 0 aliphatic heterocycles. The number of benzene rings is 4. The maximum Gasteiger partial charge on any atom is 0.330 e. The van der Waals surface area contributed by atoms with Gasteiger partial charge in [0.1, 0.15) is 36.6 Å². The lowest BCUT2D eigenvalue weighted by Gasteiger charge is -2.16. The summed E-state index contributed by atoms with van der Waals surface area (Å²) in [6.07, 6.45) is 0.0968. The van der Waals surface area contributed by atoms with Gasteiger partial charge in [0.25, 0.3) is 0 Å². The number of para-hydroxylation sites is 1. The minimum Gasteiger partial charge on any atom is -0.489 e. The number of ether oxygens (including phenoxy) is 3. The van der Waals surface area contributed by atoms with Crippen molar-refractivity contribution in [3.05, 3.63) is 91.5 Å². The first kappa shape index (κ1) is 20.4. The van der Waals surface area contributed by atoms with Crippen LogP contribution in [0.25, 0.3) is 21.5 Å². The summed E-state index contributed by atoms with van der Waals surface area (Å²) in [6.45, 7) is 3.15. The summed E-state index contributed by atoms with van der Waals surface area (Å²) in [5.74, 6) is 1.56. The maximum absolute atomic E-state index is 11.2. The molecule has 0 amide bonds. The van der Waals surface area contributed by atoms with Gasteiger partial charge in [0.2, 0.25) is 0 Å². The molecule has 156 valence electrons. The molecule has 0 aliphatic rings. The second-order valence-electron chi connectivity index (χ2n) is 7.02. The van der Waals surface area contributed by atoms with E-state index in [1.54, 1.807) is 0 Å². The highest BCUT2D eigenvalue weighted by molar-refractivity contribution is 6.05. The van der Waals surface area contributed by atoms with Crippen molar-refractivity contribution in [2.75, 3.05) is 13.2 Å². The van der Waals surface area contributed by atoms with Gasteiger partial charge in [-0.2, -0.15) is 0 Å². The van der Waals surface area contributed by atoms with Gasteiger partial charge >= 0.3 is 5.97 Å². The van der Waals surface area contributed by atoms with Crippen LogP contribution in [0.2, 0.25) is 0 Å². The Bertz CT molecular complexity index is 1220. The summed E-state index contributed by atoms with van der Waals surface area (Å²) in [5.41, 5.74) is 0. The van der Waals surface area contributed by atoms with Gasteiger partial charge < -0.3 is 19.3 Å². The largest absolute Gasteiger partial charge is 0.489 e. The molecular formula is C26H22O5. The lowest BCUT2D eigenvalue weighted by Crippen LogP contribution is -2.24. The maximum atomic E-state index is 11.2. The van der Waals surface area contributed by atoms with Gasteiger partial charge in [0.05, 0.1) is 0 Å². The Morgan fingerprint density at radius 3 is 2.42 bits per heavy atom. The number of carbonyl (C=O) groups is 1. The molecule has 31 heavy (non-hydrogen) atoms. The molecule has 0 heterocycles. The summed E-state index contributed by atoms with van der Waals surface area (Å²) in [7, 11) is 0. The van der Waals surface area contributed by atoms with Crippen molar-refractivity contribution in [1.29, 1.82) is 0 Å². The monoisotopic (exact) mass is 414 g/mol. The summed E-state index contributed by atoms with van der Waals surface area (Å²) in [6, 6.07) is 25.4. The summed E-state index contributed by atoms with van der Waals surface area (Å²) < 4.78 is 16.9. The van der Waals surface area contributed by atoms with E-state index >= 15 is 0 Å². The first-order chi connectivity index (χ1) is 15.1. The average molecular weight is 414 g/mol. The molecule has 0 aromatic heterocycles. The Hall–Kier alpha value is -3.83. The van der Waals surface area contributed by atoms with Gasteiger partial charge in [0, 0.05) is 16.8 Å². The lowest BCUT2D eigenvalue weighted by molar-refractivity contribution is -0.141. The fourth-order valence-electron chi connectivity index (χ4n) is 3.32. The SMILES string of the molecule is C=CC(=O)OCC(O)COc1c2ccccc2cc2cc(Oc3ccccc3)ccc12. The molecule has 0 bridgehead atoms. The molecule has 1 atom stereocenters. The third-order valence-corrected chi connectivity index (χ3v) is 4.77. The van der Waals surface area contributed by atoms with Crippen LogP contribution in [0.5, 0.6) is 17.2 Å². The Labute approximate surface area is 180 Å². The molecule has 1 N–H and O–H groups in total. The third kappa shape index (κ3) is 4.85. The van der Waals surface area contributed by atoms with Gasteiger partial charge in [-0.05, 0) is 47.2 Å². The number of fused-ring (bicyclic) bond motifs is 2. The van der Waals surface area contributed by atoms with Crippen LogP contribution in [0, 0.1) is 0 Å². The number of aliphatic hydroxyl groups is 1. The Morgan fingerprint density at radius 1 is 0.871 bits per heavy atom. The summed E-state index contributed by atoms with van der Waals surface area (Å²) in [5, 5.41) is 13.9. The molecule has 0 saturated carbocycles. The molecule has 0 saturated heterocycles. The molecule has 0 spiro atoms. The third-order valence-electron chi connectivity index (χ3n) is 4.77. The second kappa shape index (κ2) is 9.32. The van der Waals surface area contributed by atoms with Crippen molar-refractivity contribution in [1.82, 2.24) is 0 Å². The minimum absolute atomic E-state index is 0.0181. The van der Waals surface area contributed by atoms with Crippen LogP contribution in [0.1, 0.15) is 0 Å². The predicted molar refractivity (Wildman–Crippen MR) is 121 cm³/mol.